The highest BCUT2D eigenvalue weighted by molar-refractivity contribution is 6.31. The summed E-state index contributed by atoms with van der Waals surface area (Å²) in [6, 6.07) is 14.4. The zero-order valence-electron chi connectivity index (χ0n) is 19.8. The molecule has 0 fully saturated rings. The molecule has 2 aromatic carbocycles. The average molecular weight is 541 g/mol. The van der Waals surface area contributed by atoms with Crippen LogP contribution < -0.4 is 0 Å². The van der Waals surface area contributed by atoms with Gasteiger partial charge in [-0.2, -0.15) is 0 Å². The number of carboxylic acids is 1. The molecule has 4 aromatic rings. The van der Waals surface area contributed by atoms with Gasteiger partial charge in [0.15, 0.2) is 11.6 Å². The van der Waals surface area contributed by atoms with E-state index in [9.17, 15) is 9.59 Å². The molecule has 37 heavy (non-hydrogen) atoms. The Morgan fingerprint density at radius 3 is 1.78 bits per heavy atom. The zero-order chi connectivity index (χ0) is 26.8. The first-order valence-corrected chi connectivity index (χ1v) is 11.6. The highest BCUT2D eigenvalue weighted by Crippen LogP contribution is 2.19. The van der Waals surface area contributed by atoms with Crippen molar-refractivity contribution in [2.75, 3.05) is 0 Å². The van der Waals surface area contributed by atoms with Crippen molar-refractivity contribution in [1.29, 1.82) is 0 Å². The van der Waals surface area contributed by atoms with Crippen LogP contribution >= 0.6 is 23.2 Å². The molecule has 0 radical (unpaired) electrons. The molecule has 0 unspecified atom stereocenters. The van der Waals surface area contributed by atoms with Crippen LogP contribution in [-0.2, 0) is 14.3 Å². The van der Waals surface area contributed by atoms with E-state index in [1.807, 2.05) is 18.2 Å². The number of aliphatic carboxylic acids is 1. The first-order valence-electron chi connectivity index (χ1n) is 10.8. The number of hydrogen-bond acceptors (Lipinski definition) is 7. The highest BCUT2D eigenvalue weighted by atomic mass is 35.5. The van der Waals surface area contributed by atoms with Gasteiger partial charge in [-0.05, 0) is 38.1 Å². The van der Waals surface area contributed by atoms with Crippen molar-refractivity contribution in [3.8, 4) is 22.8 Å². The molecule has 190 valence electrons. The zero-order valence-corrected chi connectivity index (χ0v) is 21.3. The largest absolute Gasteiger partial charge is 0.478 e. The van der Waals surface area contributed by atoms with E-state index in [1.165, 1.54) is 40.5 Å². The molecule has 0 aliphatic rings. The van der Waals surface area contributed by atoms with Gasteiger partial charge in [-0.25, -0.2) is 28.9 Å². The van der Waals surface area contributed by atoms with E-state index in [2.05, 4.69) is 20.2 Å². The fourth-order valence-electron chi connectivity index (χ4n) is 2.76. The number of carbonyl (C=O) groups excluding carboxylic acids is 1. The number of carbonyl (C=O) groups is 2. The Labute approximate surface area is 222 Å². The summed E-state index contributed by atoms with van der Waals surface area (Å²) in [5.74, 6) is -0.429. The van der Waals surface area contributed by atoms with Crippen LogP contribution in [0.15, 0.2) is 73.3 Å². The summed E-state index contributed by atoms with van der Waals surface area (Å²) in [4.78, 5) is 29.9. The van der Waals surface area contributed by atoms with Gasteiger partial charge in [0.1, 0.15) is 12.7 Å². The maximum absolute atomic E-state index is 11.4. The Balaban J connectivity index is 0.000000208. The van der Waals surface area contributed by atoms with Gasteiger partial charge >= 0.3 is 11.9 Å². The monoisotopic (exact) mass is 540 g/mol. The fourth-order valence-corrected chi connectivity index (χ4v) is 3.14. The lowest BCUT2D eigenvalue weighted by Crippen LogP contribution is -2.08. The van der Waals surface area contributed by atoms with Crippen LogP contribution in [0.2, 0.25) is 10.0 Å². The maximum atomic E-state index is 11.4. The van der Waals surface area contributed by atoms with Crippen LogP contribution in [0.25, 0.3) is 35.2 Å². The number of esters is 1. The number of halogens is 2. The summed E-state index contributed by atoms with van der Waals surface area (Å²) in [6.45, 7) is 3.58. The van der Waals surface area contributed by atoms with Crippen LogP contribution in [0.4, 0.5) is 0 Å². The summed E-state index contributed by atoms with van der Waals surface area (Å²) in [5, 5.41) is 18.0. The molecule has 0 aliphatic heterocycles. The van der Waals surface area contributed by atoms with Gasteiger partial charge in [0, 0.05) is 45.7 Å². The predicted molar refractivity (Wildman–Crippen MR) is 140 cm³/mol. The highest BCUT2D eigenvalue weighted by Gasteiger charge is 2.05. The number of ether oxygens (including phenoxy) is 1. The molecule has 0 amide bonds. The summed E-state index contributed by atoms with van der Waals surface area (Å²) < 4.78 is 7.74. The van der Waals surface area contributed by atoms with E-state index >= 15 is 0 Å². The Bertz CT molecular complexity index is 1430. The molecule has 2 heterocycles. The van der Waals surface area contributed by atoms with Gasteiger partial charge in [0.25, 0.3) is 0 Å². The summed E-state index contributed by atoms with van der Waals surface area (Å²) in [7, 11) is 0. The molecule has 4 rings (SSSR count). The molecule has 1 N–H and O–H groups in total. The minimum atomic E-state index is -1.04. The van der Waals surface area contributed by atoms with E-state index in [1.54, 1.807) is 44.2 Å². The van der Waals surface area contributed by atoms with E-state index in [-0.39, 0.29) is 6.10 Å². The van der Waals surface area contributed by atoms with E-state index in [4.69, 9.17) is 33.0 Å². The molecule has 0 saturated carbocycles. The minimum absolute atomic E-state index is 0.148. The predicted octanol–water partition coefficient (Wildman–Crippen LogP) is 5.17. The molecule has 12 heteroatoms. The van der Waals surface area contributed by atoms with Gasteiger partial charge in [-0.1, -0.05) is 47.5 Å². The summed E-state index contributed by atoms with van der Waals surface area (Å²) in [6.07, 6.45) is 7.87. The lowest BCUT2D eigenvalue weighted by Gasteiger charge is -2.03. The SMILES string of the molecule is CC(C)OC(=O)/C=C\n1cnc(-c2cccc(Cl)c2)n1.O=C(O)/C=C\n1cnc(-c2cccc(Cl)c2)n1. The second kappa shape index (κ2) is 13.1. The van der Waals surface area contributed by atoms with Crippen molar-refractivity contribution >= 4 is 47.5 Å². The molecule has 0 spiro atoms. The number of rotatable bonds is 7. The lowest BCUT2D eigenvalue weighted by atomic mass is 10.2. The van der Waals surface area contributed by atoms with Crippen molar-refractivity contribution in [1.82, 2.24) is 29.5 Å². The van der Waals surface area contributed by atoms with Crippen molar-refractivity contribution in [2.45, 2.75) is 20.0 Å². The molecular weight excluding hydrogens is 519 g/mol. The maximum Gasteiger partial charge on any atom is 0.332 e. The topological polar surface area (TPSA) is 125 Å². The quantitative estimate of drug-likeness (QED) is 0.251. The van der Waals surface area contributed by atoms with Crippen molar-refractivity contribution in [3.63, 3.8) is 0 Å². The third kappa shape index (κ3) is 9.02. The number of carboxylic acid groups (broad SMARTS) is 1. The van der Waals surface area contributed by atoms with Crippen LogP contribution in [0.3, 0.4) is 0 Å². The molecular formula is C25H22Cl2N6O4. The van der Waals surface area contributed by atoms with E-state index < -0.39 is 11.9 Å². The standard InChI is InChI=1S/C14H14ClN3O2.C11H8ClN3O2/c1-10(2)20-13(19)6-7-18-9-16-14(17-18)11-4-3-5-12(15)8-11;12-9-3-1-2-8(6-9)11-13-7-15(14-11)5-4-10(16)17/h3-10H,1-2H3;1-7H,(H,16,17)/b7-6-;5-4-. The molecule has 2 aromatic heterocycles. The molecule has 0 saturated heterocycles. The number of aromatic nitrogens is 6. The Morgan fingerprint density at radius 2 is 1.35 bits per heavy atom. The molecule has 0 aliphatic carbocycles. The fraction of sp³-hybridized carbons (Fsp3) is 0.120. The van der Waals surface area contributed by atoms with Crippen LogP contribution in [0, 0.1) is 0 Å². The Hall–Kier alpha value is -4.28. The van der Waals surface area contributed by atoms with Crippen LogP contribution in [-0.4, -0.2) is 52.7 Å². The van der Waals surface area contributed by atoms with E-state index in [0.29, 0.717) is 21.7 Å². The Kier molecular flexibility index (Phi) is 9.70. The molecule has 0 atom stereocenters. The Morgan fingerprint density at radius 1 is 0.865 bits per heavy atom. The lowest BCUT2D eigenvalue weighted by molar-refractivity contribution is -0.141. The minimum Gasteiger partial charge on any atom is -0.478 e. The van der Waals surface area contributed by atoms with Gasteiger partial charge in [0.2, 0.25) is 0 Å². The molecule has 0 bridgehead atoms. The first kappa shape index (κ1) is 27.3. The summed E-state index contributed by atoms with van der Waals surface area (Å²) in [5.41, 5.74) is 1.59. The summed E-state index contributed by atoms with van der Waals surface area (Å²) >= 11 is 11.8. The number of nitrogens with zero attached hydrogens (tertiary/aromatic N) is 6. The van der Waals surface area contributed by atoms with Crippen LogP contribution in [0.5, 0.6) is 0 Å². The second-order valence-corrected chi connectivity index (χ2v) is 8.45. The van der Waals surface area contributed by atoms with Crippen LogP contribution in [0.1, 0.15) is 13.8 Å². The second-order valence-electron chi connectivity index (χ2n) is 7.57. The average Bonchev–Trinajstić information content (AvgIpc) is 3.52. The van der Waals surface area contributed by atoms with Gasteiger partial charge in [-0.15, -0.1) is 10.2 Å². The number of benzene rings is 2. The molecule has 10 nitrogen and oxygen atoms in total. The van der Waals surface area contributed by atoms with Crippen molar-refractivity contribution in [2.24, 2.45) is 0 Å². The van der Waals surface area contributed by atoms with E-state index in [0.717, 1.165) is 17.2 Å². The first-order chi connectivity index (χ1) is 17.7. The van der Waals surface area contributed by atoms with Gasteiger partial charge in [0.05, 0.1) is 6.10 Å². The third-order valence-corrected chi connectivity index (χ3v) is 4.74. The van der Waals surface area contributed by atoms with Gasteiger partial charge in [-0.3, -0.25) is 0 Å². The normalized spacial score (nSPS) is 11.1. The van der Waals surface area contributed by atoms with Crippen molar-refractivity contribution < 1.29 is 19.4 Å². The van der Waals surface area contributed by atoms with Crippen molar-refractivity contribution in [3.05, 3.63) is 83.4 Å². The van der Waals surface area contributed by atoms with Gasteiger partial charge < -0.3 is 9.84 Å². The smallest absolute Gasteiger partial charge is 0.332 e. The number of hydrogen-bond donors (Lipinski definition) is 1. The third-order valence-electron chi connectivity index (χ3n) is 4.27.